The molecule has 0 saturated carbocycles. The Bertz CT molecular complexity index is 655. The fourth-order valence-corrected chi connectivity index (χ4v) is 1.87. The monoisotopic (exact) mass is 282 g/mol. The van der Waals surface area contributed by atoms with Gasteiger partial charge in [-0.15, -0.1) is 0 Å². The van der Waals surface area contributed by atoms with Crippen molar-refractivity contribution in [2.45, 2.75) is 12.0 Å². The molecule has 2 aromatic rings. The van der Waals surface area contributed by atoms with Crippen molar-refractivity contribution in [1.29, 1.82) is 0 Å². The Morgan fingerprint density at radius 2 is 1.80 bits per heavy atom. The molecule has 1 unspecified atom stereocenters. The predicted molar refractivity (Wildman–Crippen MR) is 68.0 cm³/mol. The molecule has 2 rings (SSSR count). The van der Waals surface area contributed by atoms with Crippen LogP contribution < -0.4 is 4.74 Å². The molecular weight excluding hydrogens is 270 g/mol. The molecule has 0 saturated heterocycles. The van der Waals surface area contributed by atoms with Crippen LogP contribution in [-0.2, 0) is 4.79 Å². The number of aliphatic hydroxyl groups is 1. The molecule has 0 fully saturated rings. The SMILES string of the molecule is COc1ccc2cc(C(O)C(F)(F)C(=O)O)ccc2c1. The summed E-state index contributed by atoms with van der Waals surface area (Å²) in [5.41, 5.74) is -0.157. The zero-order valence-electron chi connectivity index (χ0n) is 10.5. The van der Waals surface area contributed by atoms with Crippen LogP contribution in [0.2, 0.25) is 0 Å². The van der Waals surface area contributed by atoms with Crippen molar-refractivity contribution < 1.29 is 28.5 Å². The van der Waals surface area contributed by atoms with E-state index in [-0.39, 0.29) is 5.56 Å². The fourth-order valence-electron chi connectivity index (χ4n) is 1.87. The van der Waals surface area contributed by atoms with Gasteiger partial charge in [-0.05, 0) is 34.5 Å². The maximum absolute atomic E-state index is 13.3. The van der Waals surface area contributed by atoms with Crippen molar-refractivity contribution in [3.05, 3.63) is 42.0 Å². The number of carbonyl (C=O) groups is 1. The van der Waals surface area contributed by atoms with E-state index in [2.05, 4.69) is 0 Å². The molecule has 0 aliphatic rings. The number of rotatable bonds is 4. The third-order valence-corrected chi connectivity index (χ3v) is 3.02. The van der Waals surface area contributed by atoms with Gasteiger partial charge in [-0.2, -0.15) is 8.78 Å². The Morgan fingerprint density at radius 1 is 1.20 bits per heavy atom. The summed E-state index contributed by atoms with van der Waals surface area (Å²) in [5.74, 6) is -5.98. The summed E-state index contributed by atoms with van der Waals surface area (Å²) in [6, 6.07) is 9.12. The highest BCUT2D eigenvalue weighted by Crippen LogP contribution is 2.33. The topological polar surface area (TPSA) is 66.8 Å². The van der Waals surface area contributed by atoms with Crippen LogP contribution in [0.25, 0.3) is 10.8 Å². The Hall–Kier alpha value is -2.21. The number of benzene rings is 2. The van der Waals surface area contributed by atoms with Crippen molar-refractivity contribution in [2.75, 3.05) is 7.11 Å². The standard InChI is InChI=1S/C14H12F2O4/c1-20-11-5-4-8-6-10(3-2-9(8)7-11)12(17)14(15,16)13(18)19/h2-7,12,17H,1H3,(H,18,19). The number of carboxylic acids is 1. The molecule has 0 heterocycles. The van der Waals surface area contributed by atoms with Crippen molar-refractivity contribution in [3.63, 3.8) is 0 Å². The second kappa shape index (κ2) is 5.05. The van der Waals surface area contributed by atoms with Gasteiger partial charge in [-0.1, -0.05) is 18.2 Å². The smallest absolute Gasteiger partial charge is 0.377 e. The second-order valence-corrected chi connectivity index (χ2v) is 4.30. The van der Waals surface area contributed by atoms with E-state index in [1.54, 1.807) is 18.2 Å². The van der Waals surface area contributed by atoms with Crippen LogP contribution in [0.1, 0.15) is 11.7 Å². The van der Waals surface area contributed by atoms with Gasteiger partial charge in [0.05, 0.1) is 7.11 Å². The van der Waals surface area contributed by atoms with Crippen molar-refractivity contribution in [1.82, 2.24) is 0 Å². The lowest BCUT2D eigenvalue weighted by Crippen LogP contribution is -2.35. The van der Waals surface area contributed by atoms with Gasteiger partial charge in [0.15, 0.2) is 6.10 Å². The zero-order chi connectivity index (χ0) is 14.9. The van der Waals surface area contributed by atoms with E-state index in [4.69, 9.17) is 9.84 Å². The molecule has 0 radical (unpaired) electrons. The molecular formula is C14H12F2O4. The molecule has 0 spiro atoms. The highest BCUT2D eigenvalue weighted by Gasteiger charge is 2.47. The summed E-state index contributed by atoms with van der Waals surface area (Å²) in [7, 11) is 1.51. The summed E-state index contributed by atoms with van der Waals surface area (Å²) in [6.07, 6.45) is -2.40. The van der Waals surface area contributed by atoms with E-state index in [9.17, 15) is 18.7 Å². The number of hydrogen-bond acceptors (Lipinski definition) is 3. The first-order valence-electron chi connectivity index (χ1n) is 5.73. The number of alkyl halides is 2. The Balaban J connectivity index is 2.44. The average molecular weight is 282 g/mol. The van der Waals surface area contributed by atoms with Gasteiger partial charge >= 0.3 is 11.9 Å². The van der Waals surface area contributed by atoms with Crippen LogP contribution >= 0.6 is 0 Å². The normalized spacial score (nSPS) is 13.2. The molecule has 20 heavy (non-hydrogen) atoms. The average Bonchev–Trinajstić information content (AvgIpc) is 2.45. The molecule has 0 aromatic heterocycles. The summed E-state index contributed by atoms with van der Waals surface area (Å²) in [4.78, 5) is 10.5. The van der Waals surface area contributed by atoms with E-state index in [1.807, 2.05) is 0 Å². The molecule has 2 N–H and O–H groups in total. The third kappa shape index (κ3) is 2.42. The molecule has 0 amide bonds. The Labute approximate surface area is 113 Å². The highest BCUT2D eigenvalue weighted by atomic mass is 19.3. The zero-order valence-corrected chi connectivity index (χ0v) is 10.5. The minimum Gasteiger partial charge on any atom is -0.497 e. The predicted octanol–water partition coefficient (Wildman–Crippen LogP) is 2.60. The second-order valence-electron chi connectivity index (χ2n) is 4.30. The first-order chi connectivity index (χ1) is 9.36. The minimum absolute atomic E-state index is 0.157. The summed E-state index contributed by atoms with van der Waals surface area (Å²) in [6.45, 7) is 0. The number of ether oxygens (including phenoxy) is 1. The van der Waals surface area contributed by atoms with Crippen LogP contribution in [0.5, 0.6) is 5.75 Å². The third-order valence-electron chi connectivity index (χ3n) is 3.02. The minimum atomic E-state index is -4.24. The van der Waals surface area contributed by atoms with Crippen LogP contribution in [0.4, 0.5) is 8.78 Å². The summed E-state index contributed by atoms with van der Waals surface area (Å²) in [5, 5.41) is 19.3. The van der Waals surface area contributed by atoms with Gasteiger partial charge in [0.1, 0.15) is 5.75 Å². The van der Waals surface area contributed by atoms with Crippen LogP contribution in [0.3, 0.4) is 0 Å². The molecule has 0 aliphatic carbocycles. The van der Waals surface area contributed by atoms with E-state index in [0.29, 0.717) is 11.1 Å². The first kappa shape index (κ1) is 14.2. The van der Waals surface area contributed by atoms with Gasteiger partial charge in [0, 0.05) is 0 Å². The van der Waals surface area contributed by atoms with Crippen LogP contribution in [0, 0.1) is 0 Å². The lowest BCUT2D eigenvalue weighted by Gasteiger charge is -2.19. The largest absolute Gasteiger partial charge is 0.497 e. The quantitative estimate of drug-likeness (QED) is 0.904. The van der Waals surface area contributed by atoms with E-state index < -0.39 is 18.0 Å². The highest BCUT2D eigenvalue weighted by molar-refractivity contribution is 5.85. The number of carboxylic acid groups (broad SMARTS) is 1. The van der Waals surface area contributed by atoms with Gasteiger partial charge in [-0.25, -0.2) is 4.79 Å². The number of aliphatic hydroxyl groups excluding tert-OH is 1. The lowest BCUT2D eigenvalue weighted by molar-refractivity contribution is -0.182. The molecule has 106 valence electrons. The number of halogens is 2. The molecule has 4 nitrogen and oxygen atoms in total. The maximum atomic E-state index is 13.3. The lowest BCUT2D eigenvalue weighted by atomic mass is 9.99. The fraction of sp³-hybridized carbons (Fsp3) is 0.214. The number of fused-ring (bicyclic) bond motifs is 1. The van der Waals surface area contributed by atoms with Crippen molar-refractivity contribution in [3.8, 4) is 5.75 Å². The molecule has 1 atom stereocenters. The Kier molecular flexibility index (Phi) is 3.59. The molecule has 2 aromatic carbocycles. The van der Waals surface area contributed by atoms with Crippen molar-refractivity contribution >= 4 is 16.7 Å². The number of aliphatic carboxylic acids is 1. The summed E-state index contributed by atoms with van der Waals surface area (Å²) < 4.78 is 31.6. The number of hydrogen-bond donors (Lipinski definition) is 2. The molecule has 0 aliphatic heterocycles. The van der Waals surface area contributed by atoms with Gasteiger partial charge < -0.3 is 14.9 Å². The first-order valence-corrected chi connectivity index (χ1v) is 5.73. The molecule has 6 heteroatoms. The van der Waals surface area contributed by atoms with Crippen LogP contribution in [0.15, 0.2) is 36.4 Å². The van der Waals surface area contributed by atoms with Crippen LogP contribution in [-0.4, -0.2) is 29.2 Å². The number of methoxy groups -OCH3 is 1. The Morgan fingerprint density at radius 3 is 2.40 bits per heavy atom. The van der Waals surface area contributed by atoms with Gasteiger partial charge in [0.25, 0.3) is 0 Å². The van der Waals surface area contributed by atoms with E-state index in [0.717, 1.165) is 5.39 Å². The van der Waals surface area contributed by atoms with Gasteiger partial charge in [0.2, 0.25) is 0 Å². The van der Waals surface area contributed by atoms with Crippen molar-refractivity contribution in [2.24, 2.45) is 0 Å². The van der Waals surface area contributed by atoms with E-state index in [1.165, 1.54) is 25.3 Å². The van der Waals surface area contributed by atoms with Gasteiger partial charge in [-0.3, -0.25) is 0 Å². The summed E-state index contributed by atoms with van der Waals surface area (Å²) >= 11 is 0. The van der Waals surface area contributed by atoms with E-state index >= 15 is 0 Å². The molecule has 0 bridgehead atoms. The maximum Gasteiger partial charge on any atom is 0.377 e.